The second-order valence-corrected chi connectivity index (χ2v) is 7.98. The molecule has 1 aromatic heterocycles. The van der Waals surface area contributed by atoms with E-state index in [4.69, 9.17) is 5.73 Å². The second kappa shape index (κ2) is 9.76. The van der Waals surface area contributed by atoms with Crippen molar-refractivity contribution < 1.29 is 44.7 Å². The van der Waals surface area contributed by atoms with Gasteiger partial charge in [0.05, 0.1) is 18.8 Å². The molecule has 2 amide bonds. The van der Waals surface area contributed by atoms with Crippen molar-refractivity contribution in [2.75, 3.05) is 19.6 Å². The van der Waals surface area contributed by atoms with Crippen LogP contribution in [-0.2, 0) is 34.9 Å². The Morgan fingerprint density at radius 2 is 1.74 bits per heavy atom. The molecule has 0 aromatic carbocycles. The molecular weight excluding hydrogens is 506 g/mol. The molecule has 0 unspecified atom stereocenters. The van der Waals surface area contributed by atoms with E-state index in [1.807, 2.05) is 0 Å². The lowest BCUT2D eigenvalue weighted by molar-refractivity contribution is -0.153. The molecule has 0 spiro atoms. The van der Waals surface area contributed by atoms with Crippen molar-refractivity contribution >= 4 is 24.2 Å². The summed E-state index contributed by atoms with van der Waals surface area (Å²) in [7, 11) is 0. The molecule has 1 saturated heterocycles. The monoisotopic (exact) mass is 525 g/mol. The van der Waals surface area contributed by atoms with E-state index in [1.165, 1.54) is 0 Å². The van der Waals surface area contributed by atoms with Crippen LogP contribution in [0.4, 0.5) is 35.1 Å². The number of carbonyl (C=O) groups is 2. The fraction of sp³-hybridized carbons (Fsp3) is 0.667. The highest BCUT2D eigenvalue weighted by Crippen LogP contribution is 2.37. The van der Waals surface area contributed by atoms with Gasteiger partial charge in [-0.05, 0) is 6.42 Å². The van der Waals surface area contributed by atoms with Gasteiger partial charge < -0.3 is 15.5 Å². The molecule has 192 valence electrons. The Kier molecular flexibility index (Phi) is 8.02. The van der Waals surface area contributed by atoms with Crippen LogP contribution in [0.5, 0.6) is 0 Å². The third-order valence-electron chi connectivity index (χ3n) is 5.31. The van der Waals surface area contributed by atoms with Gasteiger partial charge in [-0.1, -0.05) is 0 Å². The molecule has 7 nitrogen and oxygen atoms in total. The van der Waals surface area contributed by atoms with E-state index in [1.54, 1.807) is 0 Å². The lowest BCUT2D eigenvalue weighted by Gasteiger charge is -2.34. The fourth-order valence-corrected chi connectivity index (χ4v) is 3.77. The maximum atomic E-state index is 13.5. The zero-order chi connectivity index (χ0) is 24.8. The number of hydrogen-bond acceptors (Lipinski definition) is 5. The van der Waals surface area contributed by atoms with Crippen LogP contribution in [0.25, 0.3) is 0 Å². The Balaban J connectivity index is 0.00000408. The van der Waals surface area contributed by atoms with Gasteiger partial charge in [-0.2, -0.15) is 26.3 Å². The number of amides is 2. The first-order valence-corrected chi connectivity index (χ1v) is 9.80. The Hall–Kier alpha value is -2.29. The number of nitrogens with zero attached hydrogens (tertiary/aromatic N) is 4. The summed E-state index contributed by atoms with van der Waals surface area (Å²) in [5, 5.41) is 0. The van der Waals surface area contributed by atoms with Gasteiger partial charge in [0, 0.05) is 44.0 Å². The molecule has 0 aliphatic carbocycles. The first-order valence-electron chi connectivity index (χ1n) is 9.80. The quantitative estimate of drug-likeness (QED) is 0.611. The standard InChI is InChI=1S/C18H19F8N5O2.ClH/c19-16(20)3-1-12(32)31(8-16)6-9(27)5-13(33)30-4-2-10-11(7-30)28-15(18(24,25)26)29-14(10)17(21,22)23;/h9H,1-8,27H2;1H/t9-;/m0./s1. The molecule has 3 rings (SSSR count). The van der Waals surface area contributed by atoms with E-state index < -0.39 is 91.3 Å². The van der Waals surface area contributed by atoms with Crippen LogP contribution in [-0.4, -0.2) is 63.2 Å². The van der Waals surface area contributed by atoms with Gasteiger partial charge in [-0.3, -0.25) is 9.59 Å². The predicted octanol–water partition coefficient (Wildman–Crippen LogP) is 2.80. The summed E-state index contributed by atoms with van der Waals surface area (Å²) < 4.78 is 106. The molecule has 1 atom stereocenters. The van der Waals surface area contributed by atoms with E-state index in [9.17, 15) is 44.7 Å². The number of carbonyl (C=O) groups excluding carboxylic acids is 2. The molecule has 1 aromatic rings. The minimum Gasteiger partial charge on any atom is -0.336 e. The fourth-order valence-electron chi connectivity index (χ4n) is 3.77. The van der Waals surface area contributed by atoms with Crippen LogP contribution in [0.2, 0.25) is 0 Å². The first-order chi connectivity index (χ1) is 15.1. The number of rotatable bonds is 4. The molecule has 1 fully saturated rings. The highest BCUT2D eigenvalue weighted by molar-refractivity contribution is 5.85. The Labute approximate surface area is 194 Å². The van der Waals surface area contributed by atoms with Crippen molar-refractivity contribution in [1.82, 2.24) is 19.8 Å². The zero-order valence-electron chi connectivity index (χ0n) is 17.3. The lowest BCUT2D eigenvalue weighted by Crippen LogP contribution is -2.51. The average Bonchev–Trinajstić information content (AvgIpc) is 2.67. The minimum atomic E-state index is -5.23. The number of piperidine rings is 1. The topological polar surface area (TPSA) is 92.4 Å². The molecule has 0 radical (unpaired) electrons. The molecule has 3 heterocycles. The van der Waals surface area contributed by atoms with Gasteiger partial charge in [0.15, 0.2) is 5.69 Å². The molecule has 0 bridgehead atoms. The van der Waals surface area contributed by atoms with Gasteiger partial charge in [0.2, 0.25) is 17.6 Å². The summed E-state index contributed by atoms with van der Waals surface area (Å²) >= 11 is 0. The molecule has 34 heavy (non-hydrogen) atoms. The summed E-state index contributed by atoms with van der Waals surface area (Å²) in [6.07, 6.45) is -12.2. The minimum absolute atomic E-state index is 0. The Morgan fingerprint density at radius 3 is 2.32 bits per heavy atom. The highest BCUT2D eigenvalue weighted by Gasteiger charge is 2.44. The second-order valence-electron chi connectivity index (χ2n) is 7.98. The van der Waals surface area contributed by atoms with Crippen LogP contribution in [0.3, 0.4) is 0 Å². The number of fused-ring (bicyclic) bond motifs is 1. The van der Waals surface area contributed by atoms with Gasteiger partial charge in [-0.25, -0.2) is 18.7 Å². The summed E-state index contributed by atoms with van der Waals surface area (Å²) in [5.41, 5.74) is 3.01. The van der Waals surface area contributed by atoms with Gasteiger partial charge in [0.25, 0.3) is 5.92 Å². The number of alkyl halides is 8. The number of hydrogen-bond donors (Lipinski definition) is 1. The molecule has 2 aliphatic heterocycles. The molecular formula is C18H20ClF8N5O2. The Morgan fingerprint density at radius 1 is 1.09 bits per heavy atom. The molecule has 2 aliphatic rings. The summed E-state index contributed by atoms with van der Waals surface area (Å²) in [6.45, 7) is -2.07. The van der Waals surface area contributed by atoms with Gasteiger partial charge in [0.1, 0.15) is 0 Å². The van der Waals surface area contributed by atoms with E-state index in [2.05, 4.69) is 9.97 Å². The van der Waals surface area contributed by atoms with Crippen molar-refractivity contribution in [3.05, 3.63) is 22.8 Å². The van der Waals surface area contributed by atoms with Crippen LogP contribution in [0.1, 0.15) is 42.0 Å². The molecule has 16 heteroatoms. The van der Waals surface area contributed by atoms with E-state index >= 15 is 0 Å². The third kappa shape index (κ3) is 6.43. The lowest BCUT2D eigenvalue weighted by atomic mass is 10.0. The number of likely N-dealkylation sites (tertiary alicyclic amines) is 1. The first kappa shape index (κ1) is 28.0. The normalized spacial score (nSPS) is 19.4. The van der Waals surface area contributed by atoms with Crippen LogP contribution in [0, 0.1) is 0 Å². The summed E-state index contributed by atoms with van der Waals surface area (Å²) in [4.78, 5) is 32.0. The zero-order valence-corrected chi connectivity index (χ0v) is 18.2. The maximum Gasteiger partial charge on any atom is 0.451 e. The van der Waals surface area contributed by atoms with Crippen molar-refractivity contribution in [2.24, 2.45) is 5.73 Å². The van der Waals surface area contributed by atoms with E-state index in [0.717, 1.165) is 9.80 Å². The van der Waals surface area contributed by atoms with Gasteiger partial charge >= 0.3 is 12.4 Å². The largest absolute Gasteiger partial charge is 0.451 e. The third-order valence-corrected chi connectivity index (χ3v) is 5.31. The number of halogens is 9. The van der Waals surface area contributed by atoms with E-state index in [-0.39, 0.29) is 31.9 Å². The summed E-state index contributed by atoms with van der Waals surface area (Å²) in [6, 6.07) is -1.06. The average molecular weight is 526 g/mol. The Bertz CT molecular complexity index is 940. The van der Waals surface area contributed by atoms with Gasteiger partial charge in [-0.15, -0.1) is 12.4 Å². The van der Waals surface area contributed by atoms with Crippen LogP contribution >= 0.6 is 12.4 Å². The van der Waals surface area contributed by atoms with Crippen molar-refractivity contribution in [3.63, 3.8) is 0 Å². The maximum absolute atomic E-state index is 13.5. The smallest absolute Gasteiger partial charge is 0.336 e. The SMILES string of the molecule is Cl.N[C@@H](CC(=O)N1CCc2c(nc(C(F)(F)F)nc2C(F)(F)F)C1)CN1CC(F)(F)CCC1=O. The molecule has 0 saturated carbocycles. The van der Waals surface area contributed by atoms with Crippen LogP contribution in [0.15, 0.2) is 0 Å². The number of aromatic nitrogens is 2. The van der Waals surface area contributed by atoms with Crippen molar-refractivity contribution in [1.29, 1.82) is 0 Å². The number of nitrogens with two attached hydrogens (primary N) is 1. The summed E-state index contributed by atoms with van der Waals surface area (Å²) in [5.74, 6) is -6.32. The van der Waals surface area contributed by atoms with Crippen molar-refractivity contribution in [2.45, 2.75) is 56.5 Å². The highest BCUT2D eigenvalue weighted by atomic mass is 35.5. The molecule has 2 N–H and O–H groups in total. The van der Waals surface area contributed by atoms with Crippen LogP contribution < -0.4 is 5.73 Å². The van der Waals surface area contributed by atoms with E-state index in [0.29, 0.717) is 0 Å². The van der Waals surface area contributed by atoms with Crippen molar-refractivity contribution in [3.8, 4) is 0 Å². The predicted molar refractivity (Wildman–Crippen MR) is 102 cm³/mol.